The van der Waals surface area contributed by atoms with Crippen molar-refractivity contribution in [3.05, 3.63) is 210 Å². The van der Waals surface area contributed by atoms with Gasteiger partial charge in [-0.2, -0.15) is 0 Å². The average molecular weight is 690 g/mol. The molecule has 6 heteroatoms. The Kier molecular flexibility index (Phi) is 7.67. The number of hydrogen-bond acceptors (Lipinski definition) is 5. The molecule has 8 aromatic rings. The van der Waals surface area contributed by atoms with E-state index in [0.29, 0.717) is 38.4 Å². The van der Waals surface area contributed by atoms with Crippen molar-refractivity contribution in [3.8, 4) is 45.3 Å². The molecule has 0 spiro atoms. The smallest absolute Gasteiger partial charge is 0.207 e. The molecule has 5 nitrogen and oxygen atoms in total. The minimum Gasteiger partial charge on any atom is -0.218 e. The van der Waals surface area contributed by atoms with E-state index in [2.05, 4.69) is 48.5 Å². The zero-order valence-corrected chi connectivity index (χ0v) is 28.8. The van der Waals surface area contributed by atoms with Gasteiger partial charge in [-0.3, -0.25) is 0 Å². The normalized spacial score (nSPS) is 13.8. The molecule has 2 heterocycles. The molecule has 0 aliphatic carbocycles. The molecule has 7 aromatic carbocycles. The molecule has 0 unspecified atom stereocenters. The molecular weight excluding hydrogens is 659 g/mol. The van der Waals surface area contributed by atoms with E-state index in [1.54, 1.807) is 24.3 Å². The third-order valence-corrected chi connectivity index (χ3v) is 11.7. The molecule has 0 atom stereocenters. The highest BCUT2D eigenvalue weighted by Gasteiger charge is 2.48. The average Bonchev–Trinajstić information content (AvgIpc) is 3.22. The maximum Gasteiger partial charge on any atom is 0.207 e. The summed E-state index contributed by atoms with van der Waals surface area (Å²) in [6.45, 7) is 0. The second-order valence-corrected chi connectivity index (χ2v) is 14.7. The third-order valence-electron chi connectivity index (χ3n) is 9.84. The lowest BCUT2D eigenvalue weighted by atomic mass is 9.64. The monoisotopic (exact) mass is 689 g/mol. The van der Waals surface area contributed by atoms with Gasteiger partial charge in [-0.15, -0.1) is 0 Å². The van der Waals surface area contributed by atoms with E-state index < -0.39 is 15.3 Å². The van der Waals surface area contributed by atoms with Gasteiger partial charge in [0.05, 0.1) is 15.2 Å². The lowest BCUT2D eigenvalue weighted by Crippen LogP contribution is -2.37. The first-order valence-corrected chi connectivity index (χ1v) is 18.6. The molecular formula is C46H31N3O2S. The van der Waals surface area contributed by atoms with E-state index in [4.69, 9.17) is 15.0 Å². The van der Waals surface area contributed by atoms with Gasteiger partial charge in [0.25, 0.3) is 0 Å². The summed E-state index contributed by atoms with van der Waals surface area (Å²) >= 11 is 0. The highest BCUT2D eigenvalue weighted by Crippen LogP contribution is 2.53. The number of benzene rings is 7. The van der Waals surface area contributed by atoms with Gasteiger partial charge in [0.2, 0.25) is 9.84 Å². The van der Waals surface area contributed by atoms with Gasteiger partial charge in [0, 0.05) is 16.7 Å². The number of fused-ring (bicyclic) bond motifs is 2. The molecule has 0 radical (unpaired) electrons. The first-order chi connectivity index (χ1) is 25.5. The summed E-state index contributed by atoms with van der Waals surface area (Å²) in [4.78, 5) is 15.7. The van der Waals surface area contributed by atoms with Crippen LogP contribution in [0, 0.1) is 0 Å². The second kappa shape index (κ2) is 12.7. The quantitative estimate of drug-likeness (QED) is 0.174. The van der Waals surface area contributed by atoms with Crippen molar-refractivity contribution in [3.63, 3.8) is 0 Å². The fraction of sp³-hybridized carbons (Fsp3) is 0.0217. The minimum absolute atomic E-state index is 0.302. The fourth-order valence-electron chi connectivity index (χ4n) is 7.45. The van der Waals surface area contributed by atoms with Crippen LogP contribution in [0.3, 0.4) is 0 Å². The van der Waals surface area contributed by atoms with Crippen molar-refractivity contribution in [2.75, 3.05) is 0 Å². The molecule has 52 heavy (non-hydrogen) atoms. The highest BCUT2D eigenvalue weighted by atomic mass is 32.2. The molecule has 9 rings (SSSR count). The van der Waals surface area contributed by atoms with Crippen LogP contribution in [-0.4, -0.2) is 23.4 Å². The summed E-state index contributed by atoms with van der Waals surface area (Å²) < 4.78 is 28.3. The van der Waals surface area contributed by atoms with Crippen LogP contribution in [0.5, 0.6) is 0 Å². The van der Waals surface area contributed by atoms with Crippen molar-refractivity contribution in [1.82, 2.24) is 15.0 Å². The van der Waals surface area contributed by atoms with E-state index in [1.165, 1.54) is 0 Å². The summed E-state index contributed by atoms with van der Waals surface area (Å²) in [5.41, 5.74) is 7.12. The Morgan fingerprint density at radius 3 is 1.31 bits per heavy atom. The van der Waals surface area contributed by atoms with E-state index in [-0.39, 0.29) is 0 Å². The van der Waals surface area contributed by atoms with Crippen LogP contribution >= 0.6 is 0 Å². The minimum atomic E-state index is -3.78. The Morgan fingerprint density at radius 2 is 0.731 bits per heavy atom. The van der Waals surface area contributed by atoms with Gasteiger partial charge in [0.15, 0.2) is 17.5 Å². The van der Waals surface area contributed by atoms with Crippen LogP contribution in [0.1, 0.15) is 22.3 Å². The number of hydrogen-bond donors (Lipinski definition) is 0. The highest BCUT2D eigenvalue weighted by molar-refractivity contribution is 7.91. The van der Waals surface area contributed by atoms with E-state index in [0.717, 1.165) is 38.9 Å². The van der Waals surface area contributed by atoms with Crippen LogP contribution in [-0.2, 0) is 15.3 Å². The van der Waals surface area contributed by atoms with Crippen molar-refractivity contribution in [2.24, 2.45) is 0 Å². The SMILES string of the molecule is O=S1(=O)c2ccccc2C(c2ccccc2)(c2cccc(-c3nc(-c4ccccc4)nc(-c4ccc(-c5ccccc5)cc4)n3)c2)c2ccccc21. The maximum absolute atomic E-state index is 14.2. The molecule has 1 aliphatic heterocycles. The van der Waals surface area contributed by atoms with Gasteiger partial charge in [-0.05, 0) is 51.6 Å². The summed E-state index contributed by atoms with van der Waals surface area (Å²) in [7, 11) is -3.78. The first kappa shape index (κ1) is 31.5. The Bertz CT molecular complexity index is 2630. The van der Waals surface area contributed by atoms with Gasteiger partial charge < -0.3 is 0 Å². The first-order valence-electron chi connectivity index (χ1n) is 17.1. The Hall–Kier alpha value is -6.50. The lowest BCUT2D eigenvalue weighted by molar-refractivity contribution is 0.579. The largest absolute Gasteiger partial charge is 0.218 e. The second-order valence-electron chi connectivity index (χ2n) is 12.8. The van der Waals surface area contributed by atoms with Crippen LogP contribution in [0.2, 0.25) is 0 Å². The molecule has 0 saturated carbocycles. The number of rotatable bonds is 6. The summed E-state index contributed by atoms with van der Waals surface area (Å²) in [6, 6.07) is 61.5. The van der Waals surface area contributed by atoms with Crippen LogP contribution in [0.15, 0.2) is 198 Å². The van der Waals surface area contributed by atoms with Crippen molar-refractivity contribution < 1.29 is 8.42 Å². The van der Waals surface area contributed by atoms with E-state index in [1.807, 2.05) is 115 Å². The number of aromatic nitrogens is 3. The zero-order valence-electron chi connectivity index (χ0n) is 28.0. The molecule has 0 bridgehead atoms. The Labute approximate surface area is 302 Å². The van der Waals surface area contributed by atoms with Gasteiger partial charge in [0.1, 0.15) is 0 Å². The van der Waals surface area contributed by atoms with Crippen molar-refractivity contribution >= 4 is 9.84 Å². The van der Waals surface area contributed by atoms with Crippen LogP contribution in [0.25, 0.3) is 45.3 Å². The van der Waals surface area contributed by atoms with Gasteiger partial charge in [-0.1, -0.05) is 170 Å². The summed E-state index contributed by atoms with van der Waals surface area (Å²) in [5, 5.41) is 0. The molecule has 248 valence electrons. The Morgan fingerprint density at radius 1 is 0.346 bits per heavy atom. The van der Waals surface area contributed by atoms with Gasteiger partial charge in [-0.25, -0.2) is 23.4 Å². The lowest BCUT2D eigenvalue weighted by Gasteiger charge is -2.41. The third kappa shape index (κ3) is 5.15. The summed E-state index contributed by atoms with van der Waals surface area (Å²) in [5.74, 6) is 1.65. The van der Waals surface area contributed by atoms with Crippen LogP contribution < -0.4 is 0 Å². The number of nitrogens with zero attached hydrogens (tertiary/aromatic N) is 3. The summed E-state index contributed by atoms with van der Waals surface area (Å²) in [6.07, 6.45) is 0. The molecule has 1 aliphatic rings. The van der Waals surface area contributed by atoms with Crippen LogP contribution in [0.4, 0.5) is 0 Å². The van der Waals surface area contributed by atoms with Gasteiger partial charge >= 0.3 is 0 Å². The predicted octanol–water partition coefficient (Wildman–Crippen LogP) is 10.1. The number of sulfone groups is 1. The molecule has 0 N–H and O–H groups in total. The maximum atomic E-state index is 14.2. The molecule has 1 aromatic heterocycles. The predicted molar refractivity (Wildman–Crippen MR) is 205 cm³/mol. The fourth-order valence-corrected chi connectivity index (χ4v) is 9.22. The zero-order chi connectivity index (χ0) is 35.1. The Balaban J connectivity index is 1.27. The van der Waals surface area contributed by atoms with E-state index in [9.17, 15) is 8.42 Å². The topological polar surface area (TPSA) is 72.8 Å². The molecule has 0 fully saturated rings. The van der Waals surface area contributed by atoms with Crippen molar-refractivity contribution in [1.29, 1.82) is 0 Å². The van der Waals surface area contributed by atoms with Crippen molar-refractivity contribution in [2.45, 2.75) is 15.2 Å². The van der Waals surface area contributed by atoms with E-state index >= 15 is 0 Å². The standard InChI is InChI=1S/C46H31N3O2S/c50-52(51)41-25-12-10-23-39(41)46(37-20-8-3-9-21-37,40-24-11-13-26-42(40)52)38-22-14-19-36(31-38)45-48-43(34-17-6-2-7-18-34)47-44(49-45)35-29-27-33(28-30-35)32-15-4-1-5-16-32/h1-31H. The molecule has 0 saturated heterocycles. The molecule has 0 amide bonds.